The number of hydrogen-bond donors (Lipinski definition) is 4. The van der Waals surface area contributed by atoms with E-state index in [0.717, 1.165) is 0 Å². The van der Waals surface area contributed by atoms with Gasteiger partial charge in [-0.3, -0.25) is 4.79 Å². The first-order valence-corrected chi connectivity index (χ1v) is 7.41. The van der Waals surface area contributed by atoms with E-state index in [2.05, 4.69) is 10.5 Å². The van der Waals surface area contributed by atoms with Crippen molar-refractivity contribution in [1.29, 1.82) is 0 Å². The highest BCUT2D eigenvalue weighted by atomic mass is 16.6. The van der Waals surface area contributed by atoms with Gasteiger partial charge >= 0.3 is 5.97 Å². The molecule has 0 aliphatic carbocycles. The molecule has 1 aromatic carbocycles. The van der Waals surface area contributed by atoms with Crippen molar-refractivity contribution in [3.8, 4) is 0 Å². The Bertz CT molecular complexity index is 535. The van der Waals surface area contributed by atoms with Crippen molar-refractivity contribution < 1.29 is 19.8 Å². The number of ether oxygens (including phenoxy) is 1. The smallest absolute Gasteiger partial charge is 0.307 e. The van der Waals surface area contributed by atoms with Gasteiger partial charge in [-0.2, -0.15) is 0 Å². The van der Waals surface area contributed by atoms with Gasteiger partial charge < -0.3 is 26.1 Å². The Kier molecular flexibility index (Phi) is 6.99. The molecule has 0 heterocycles. The number of amidine groups is 1. The lowest BCUT2D eigenvalue weighted by Crippen LogP contribution is -2.28. The number of nitrogens with two attached hydrogens (primary N) is 1. The van der Waals surface area contributed by atoms with E-state index >= 15 is 0 Å². The van der Waals surface area contributed by atoms with E-state index in [1.807, 2.05) is 20.8 Å². The molecule has 0 aliphatic rings. The van der Waals surface area contributed by atoms with Crippen LogP contribution in [-0.2, 0) is 9.53 Å². The first-order valence-electron chi connectivity index (χ1n) is 7.41. The van der Waals surface area contributed by atoms with Crippen molar-refractivity contribution in [2.45, 2.75) is 38.9 Å². The van der Waals surface area contributed by atoms with Gasteiger partial charge in [0.15, 0.2) is 5.84 Å². The van der Waals surface area contributed by atoms with Crippen LogP contribution in [0.25, 0.3) is 0 Å². The van der Waals surface area contributed by atoms with Crippen LogP contribution < -0.4 is 11.1 Å². The lowest BCUT2D eigenvalue weighted by molar-refractivity contribution is -0.154. The standard InChI is InChI=1S/C16H25N3O4/c1-16(2,3)23-14(21)8-9-18-10-13(20)11-4-6-12(7-5-11)15(17)19-22/h4-7,13,18,20,22H,8-10H2,1-3H3,(H2,17,19). The molecule has 23 heavy (non-hydrogen) atoms. The number of nitrogens with one attached hydrogen (secondary N) is 1. The molecule has 1 unspecified atom stereocenters. The number of aliphatic hydroxyl groups excluding tert-OH is 1. The third-order valence-electron chi connectivity index (χ3n) is 2.96. The van der Waals surface area contributed by atoms with Gasteiger partial charge in [-0.15, -0.1) is 0 Å². The molecule has 7 nitrogen and oxygen atoms in total. The number of hydrogen-bond acceptors (Lipinski definition) is 6. The molecule has 0 radical (unpaired) electrons. The van der Waals surface area contributed by atoms with Gasteiger partial charge in [0.05, 0.1) is 12.5 Å². The average Bonchev–Trinajstić information content (AvgIpc) is 2.49. The van der Waals surface area contributed by atoms with Crippen molar-refractivity contribution >= 4 is 11.8 Å². The summed E-state index contributed by atoms with van der Waals surface area (Å²) in [7, 11) is 0. The van der Waals surface area contributed by atoms with E-state index in [0.29, 0.717) is 24.2 Å². The van der Waals surface area contributed by atoms with Gasteiger partial charge in [-0.05, 0) is 26.3 Å². The summed E-state index contributed by atoms with van der Waals surface area (Å²) >= 11 is 0. The Morgan fingerprint density at radius 2 is 1.96 bits per heavy atom. The largest absolute Gasteiger partial charge is 0.460 e. The predicted octanol–water partition coefficient (Wildman–Crippen LogP) is 1.14. The van der Waals surface area contributed by atoms with Gasteiger partial charge in [-0.25, -0.2) is 0 Å². The molecule has 0 saturated carbocycles. The minimum absolute atomic E-state index is 0.0153. The van der Waals surface area contributed by atoms with E-state index in [1.54, 1.807) is 24.3 Å². The van der Waals surface area contributed by atoms with Crippen molar-refractivity contribution in [1.82, 2.24) is 5.32 Å². The number of carbonyl (C=O) groups is 1. The molecular formula is C16H25N3O4. The molecule has 0 aromatic heterocycles. The molecule has 128 valence electrons. The zero-order valence-corrected chi connectivity index (χ0v) is 13.7. The predicted molar refractivity (Wildman–Crippen MR) is 87.2 cm³/mol. The van der Waals surface area contributed by atoms with Crippen LogP contribution in [0, 0.1) is 0 Å². The topological polar surface area (TPSA) is 117 Å². The zero-order chi connectivity index (χ0) is 17.5. The molecule has 1 aromatic rings. The van der Waals surface area contributed by atoms with Crippen molar-refractivity contribution in [2.75, 3.05) is 13.1 Å². The van der Waals surface area contributed by atoms with E-state index in [9.17, 15) is 9.90 Å². The summed E-state index contributed by atoms with van der Waals surface area (Å²) < 4.78 is 5.19. The van der Waals surface area contributed by atoms with Crippen LogP contribution in [0.2, 0.25) is 0 Å². The van der Waals surface area contributed by atoms with E-state index < -0.39 is 11.7 Å². The fourth-order valence-electron chi connectivity index (χ4n) is 1.87. The summed E-state index contributed by atoms with van der Waals surface area (Å²) in [5, 5.41) is 24.6. The summed E-state index contributed by atoms with van der Waals surface area (Å²) in [5.74, 6) is -0.260. The van der Waals surface area contributed by atoms with Crippen molar-refractivity contribution in [2.24, 2.45) is 10.9 Å². The maximum atomic E-state index is 11.5. The Labute approximate surface area is 136 Å². The van der Waals surface area contributed by atoms with Crippen LogP contribution in [0.15, 0.2) is 29.4 Å². The molecule has 0 saturated heterocycles. The lowest BCUT2D eigenvalue weighted by atomic mass is 10.1. The second-order valence-corrected chi connectivity index (χ2v) is 6.16. The minimum atomic E-state index is -0.713. The summed E-state index contributed by atoms with van der Waals surface area (Å²) in [5.41, 5.74) is 6.25. The SMILES string of the molecule is CC(C)(C)OC(=O)CCNCC(O)c1ccc(C(N)=NO)cc1. The first-order chi connectivity index (χ1) is 10.7. The number of oxime groups is 1. The van der Waals surface area contributed by atoms with Gasteiger partial charge in [0, 0.05) is 18.7 Å². The number of esters is 1. The summed E-state index contributed by atoms with van der Waals surface area (Å²) in [6, 6.07) is 6.73. The summed E-state index contributed by atoms with van der Waals surface area (Å²) in [4.78, 5) is 11.5. The van der Waals surface area contributed by atoms with Crippen molar-refractivity contribution in [3.63, 3.8) is 0 Å². The highest BCUT2D eigenvalue weighted by Crippen LogP contribution is 2.13. The minimum Gasteiger partial charge on any atom is -0.460 e. The van der Waals surface area contributed by atoms with E-state index in [4.69, 9.17) is 15.7 Å². The first kappa shape index (κ1) is 18.9. The lowest BCUT2D eigenvalue weighted by Gasteiger charge is -2.19. The van der Waals surface area contributed by atoms with Crippen molar-refractivity contribution in [3.05, 3.63) is 35.4 Å². The number of benzene rings is 1. The zero-order valence-electron chi connectivity index (χ0n) is 13.7. The van der Waals surface area contributed by atoms with Gasteiger partial charge in [0.25, 0.3) is 0 Å². The fraction of sp³-hybridized carbons (Fsp3) is 0.500. The summed E-state index contributed by atoms with van der Waals surface area (Å²) in [6.07, 6.45) is -0.470. The fourth-order valence-corrected chi connectivity index (χ4v) is 1.87. The molecule has 0 fully saturated rings. The van der Waals surface area contributed by atoms with Crippen LogP contribution in [-0.4, -0.2) is 40.8 Å². The van der Waals surface area contributed by atoms with Gasteiger partial charge in [0.1, 0.15) is 5.60 Å². The Balaban J connectivity index is 2.37. The molecule has 0 aliphatic heterocycles. The van der Waals surface area contributed by atoms with Crippen LogP contribution in [0.1, 0.15) is 44.4 Å². The molecule has 1 atom stereocenters. The monoisotopic (exact) mass is 323 g/mol. The van der Waals surface area contributed by atoms with Gasteiger partial charge in [0.2, 0.25) is 0 Å². The Hall–Kier alpha value is -2.12. The van der Waals surface area contributed by atoms with Gasteiger partial charge in [-0.1, -0.05) is 29.4 Å². The van der Waals surface area contributed by atoms with Crippen LogP contribution >= 0.6 is 0 Å². The quantitative estimate of drug-likeness (QED) is 0.149. The molecule has 0 bridgehead atoms. The Morgan fingerprint density at radius 1 is 1.35 bits per heavy atom. The average molecular weight is 323 g/mol. The third-order valence-corrected chi connectivity index (χ3v) is 2.96. The van der Waals surface area contributed by atoms with E-state index in [-0.39, 0.29) is 18.2 Å². The van der Waals surface area contributed by atoms with Crippen LogP contribution in [0.5, 0.6) is 0 Å². The number of aliphatic hydroxyl groups is 1. The second-order valence-electron chi connectivity index (χ2n) is 6.16. The maximum Gasteiger partial charge on any atom is 0.307 e. The normalized spacial score (nSPS) is 13.7. The number of nitrogens with zero attached hydrogens (tertiary/aromatic N) is 1. The molecule has 5 N–H and O–H groups in total. The third kappa shape index (κ3) is 7.12. The molecular weight excluding hydrogens is 298 g/mol. The molecule has 7 heteroatoms. The maximum absolute atomic E-state index is 11.5. The number of carbonyl (C=O) groups excluding carboxylic acids is 1. The highest BCUT2D eigenvalue weighted by molar-refractivity contribution is 5.96. The van der Waals surface area contributed by atoms with E-state index in [1.165, 1.54) is 0 Å². The number of rotatable bonds is 7. The summed E-state index contributed by atoms with van der Waals surface area (Å²) in [6.45, 7) is 6.19. The van der Waals surface area contributed by atoms with Crippen LogP contribution in [0.4, 0.5) is 0 Å². The highest BCUT2D eigenvalue weighted by Gasteiger charge is 2.16. The molecule has 0 spiro atoms. The Morgan fingerprint density at radius 3 is 2.48 bits per heavy atom. The van der Waals surface area contributed by atoms with Crippen LogP contribution in [0.3, 0.4) is 0 Å². The second kappa shape index (κ2) is 8.50. The molecule has 0 amide bonds. The molecule has 1 rings (SSSR count).